The maximum absolute atomic E-state index is 5.48. The number of aromatic nitrogens is 1. The number of hydrogen-bond acceptors (Lipinski definition) is 5. The third-order valence-electron chi connectivity index (χ3n) is 5.31. The van der Waals surface area contributed by atoms with E-state index in [4.69, 9.17) is 9.26 Å². The summed E-state index contributed by atoms with van der Waals surface area (Å²) in [5.41, 5.74) is 1.04. The molecule has 2 heterocycles. The van der Waals surface area contributed by atoms with Crippen molar-refractivity contribution in [1.29, 1.82) is 0 Å². The number of hydrogen-bond donors (Lipinski definition) is 2. The summed E-state index contributed by atoms with van der Waals surface area (Å²) >= 11 is 0. The molecule has 1 aliphatic rings. The minimum absolute atomic E-state index is 0.471. The Labute approximate surface area is 163 Å². The smallest absolute Gasteiger partial charge is 0.191 e. The van der Waals surface area contributed by atoms with Gasteiger partial charge in [-0.25, -0.2) is 4.99 Å². The minimum atomic E-state index is 0.471. The molecule has 7 heteroatoms. The Balaban J connectivity index is 1.88. The lowest BCUT2D eigenvalue weighted by Gasteiger charge is -2.25. The van der Waals surface area contributed by atoms with Gasteiger partial charge in [-0.15, -0.1) is 0 Å². The van der Waals surface area contributed by atoms with Gasteiger partial charge in [-0.3, -0.25) is 4.90 Å². The van der Waals surface area contributed by atoms with E-state index in [9.17, 15) is 0 Å². The first-order valence-corrected chi connectivity index (χ1v) is 10.4. The molecule has 0 bridgehead atoms. The van der Waals surface area contributed by atoms with Crippen molar-refractivity contribution in [3.63, 3.8) is 0 Å². The van der Waals surface area contributed by atoms with Crippen molar-refractivity contribution in [3.8, 4) is 0 Å². The summed E-state index contributed by atoms with van der Waals surface area (Å²) in [6.45, 7) is 11.6. The zero-order valence-corrected chi connectivity index (χ0v) is 17.5. The first-order chi connectivity index (χ1) is 13.2. The number of rotatable bonds is 11. The van der Waals surface area contributed by atoms with Gasteiger partial charge in [0.05, 0.1) is 12.3 Å². The summed E-state index contributed by atoms with van der Waals surface area (Å²) in [4.78, 5) is 7.17. The lowest BCUT2D eigenvalue weighted by Crippen LogP contribution is -2.45. The molecule has 2 N–H and O–H groups in total. The first kappa shape index (κ1) is 21.7. The zero-order chi connectivity index (χ0) is 19.5. The molecule has 1 aromatic rings. The van der Waals surface area contributed by atoms with Crippen LogP contribution in [0.15, 0.2) is 15.6 Å². The summed E-state index contributed by atoms with van der Waals surface area (Å²) in [5, 5.41) is 11.0. The van der Waals surface area contributed by atoms with Crippen LogP contribution >= 0.6 is 0 Å². The van der Waals surface area contributed by atoms with E-state index in [2.05, 4.69) is 46.5 Å². The van der Waals surface area contributed by atoms with Gasteiger partial charge in [0.15, 0.2) is 11.7 Å². The van der Waals surface area contributed by atoms with Gasteiger partial charge in [0.25, 0.3) is 0 Å². The monoisotopic (exact) mass is 379 g/mol. The van der Waals surface area contributed by atoms with Gasteiger partial charge in [0.2, 0.25) is 0 Å². The first-order valence-electron chi connectivity index (χ1n) is 10.4. The van der Waals surface area contributed by atoms with Crippen LogP contribution in [-0.2, 0) is 11.3 Å². The third kappa shape index (κ3) is 6.81. The number of methoxy groups -OCH3 is 1. The van der Waals surface area contributed by atoms with Crippen molar-refractivity contribution in [2.24, 2.45) is 4.99 Å². The highest BCUT2D eigenvalue weighted by Gasteiger charge is 2.24. The molecular formula is C20H37N5O2. The maximum atomic E-state index is 5.48. The molecule has 1 unspecified atom stereocenters. The Hall–Kier alpha value is -1.60. The molecule has 27 heavy (non-hydrogen) atoms. The van der Waals surface area contributed by atoms with Crippen molar-refractivity contribution < 1.29 is 9.26 Å². The topological polar surface area (TPSA) is 74.9 Å². The highest BCUT2D eigenvalue weighted by molar-refractivity contribution is 5.79. The Bertz CT molecular complexity index is 556. The SMILES string of the molecule is CCNC(=NCc1cc(C(CC)CC)no1)NCC1CCCN1CCOC. The predicted octanol–water partition coefficient (Wildman–Crippen LogP) is 2.74. The van der Waals surface area contributed by atoms with Crippen LogP contribution in [0.3, 0.4) is 0 Å². The molecular weight excluding hydrogens is 342 g/mol. The summed E-state index contributed by atoms with van der Waals surface area (Å²) in [6, 6.07) is 2.59. The van der Waals surface area contributed by atoms with Gasteiger partial charge in [-0.1, -0.05) is 19.0 Å². The molecule has 0 spiro atoms. The summed E-state index contributed by atoms with van der Waals surface area (Å²) in [7, 11) is 1.76. The molecule has 2 rings (SSSR count). The van der Waals surface area contributed by atoms with Gasteiger partial charge in [0, 0.05) is 44.8 Å². The third-order valence-corrected chi connectivity index (χ3v) is 5.31. The van der Waals surface area contributed by atoms with Gasteiger partial charge in [-0.05, 0) is 39.2 Å². The molecule has 1 aliphatic heterocycles. The fraction of sp³-hybridized carbons (Fsp3) is 0.800. The molecule has 0 amide bonds. The van der Waals surface area contributed by atoms with Crippen LogP contribution in [0.2, 0.25) is 0 Å². The number of nitrogens with one attached hydrogen (secondary N) is 2. The predicted molar refractivity (Wildman–Crippen MR) is 109 cm³/mol. The van der Waals surface area contributed by atoms with Gasteiger partial charge in [0.1, 0.15) is 6.54 Å². The van der Waals surface area contributed by atoms with E-state index >= 15 is 0 Å². The van der Waals surface area contributed by atoms with E-state index < -0.39 is 0 Å². The zero-order valence-electron chi connectivity index (χ0n) is 17.5. The highest BCUT2D eigenvalue weighted by Crippen LogP contribution is 2.22. The molecule has 0 radical (unpaired) electrons. The van der Waals surface area contributed by atoms with E-state index in [1.807, 2.05) is 6.07 Å². The standard InChI is InChI=1S/C20H37N5O2/c1-5-16(6-2)19-13-18(27-24-19)15-23-20(21-7-3)22-14-17-9-8-10-25(17)11-12-26-4/h13,16-17H,5-12,14-15H2,1-4H3,(H2,21,22,23). The summed E-state index contributed by atoms with van der Waals surface area (Å²) in [5.74, 6) is 2.12. The fourth-order valence-corrected chi connectivity index (χ4v) is 3.65. The number of aliphatic imine (C=N–C) groups is 1. The van der Waals surface area contributed by atoms with Crippen LogP contribution in [0.4, 0.5) is 0 Å². The van der Waals surface area contributed by atoms with Crippen molar-refractivity contribution >= 4 is 5.96 Å². The Kier molecular flexibility index (Phi) is 9.62. The normalized spacial score (nSPS) is 18.4. The number of likely N-dealkylation sites (tertiary alicyclic amines) is 1. The average Bonchev–Trinajstić information content (AvgIpc) is 3.33. The van der Waals surface area contributed by atoms with E-state index in [1.165, 1.54) is 12.8 Å². The Morgan fingerprint density at radius 2 is 2.19 bits per heavy atom. The van der Waals surface area contributed by atoms with E-state index in [1.54, 1.807) is 7.11 Å². The Morgan fingerprint density at radius 3 is 2.89 bits per heavy atom. The molecule has 1 aromatic heterocycles. The second-order valence-electron chi connectivity index (χ2n) is 7.13. The average molecular weight is 380 g/mol. The van der Waals surface area contributed by atoms with Crippen molar-refractivity contribution in [2.45, 2.75) is 65.0 Å². The number of guanidine groups is 1. The molecule has 0 aliphatic carbocycles. The lowest BCUT2D eigenvalue weighted by molar-refractivity contribution is 0.141. The fourth-order valence-electron chi connectivity index (χ4n) is 3.65. The van der Waals surface area contributed by atoms with Crippen LogP contribution in [0.1, 0.15) is 63.8 Å². The lowest BCUT2D eigenvalue weighted by atomic mass is 9.99. The molecule has 7 nitrogen and oxygen atoms in total. The van der Waals surface area contributed by atoms with Crippen LogP contribution in [0, 0.1) is 0 Å². The second kappa shape index (κ2) is 12.0. The van der Waals surface area contributed by atoms with E-state index in [-0.39, 0.29) is 0 Å². The van der Waals surface area contributed by atoms with E-state index in [0.29, 0.717) is 18.5 Å². The van der Waals surface area contributed by atoms with Crippen LogP contribution in [0.5, 0.6) is 0 Å². The van der Waals surface area contributed by atoms with Crippen molar-refractivity contribution in [2.75, 3.05) is 39.9 Å². The molecule has 0 saturated carbocycles. The number of nitrogens with zero attached hydrogens (tertiary/aromatic N) is 3. The van der Waals surface area contributed by atoms with Crippen molar-refractivity contribution in [3.05, 3.63) is 17.5 Å². The molecule has 1 fully saturated rings. The van der Waals surface area contributed by atoms with Crippen LogP contribution in [0.25, 0.3) is 0 Å². The van der Waals surface area contributed by atoms with Gasteiger partial charge >= 0.3 is 0 Å². The quantitative estimate of drug-likeness (QED) is 0.455. The van der Waals surface area contributed by atoms with Crippen molar-refractivity contribution in [1.82, 2.24) is 20.7 Å². The second-order valence-corrected chi connectivity index (χ2v) is 7.13. The molecule has 0 aromatic carbocycles. The number of ether oxygens (including phenoxy) is 1. The maximum Gasteiger partial charge on any atom is 0.191 e. The van der Waals surface area contributed by atoms with Crippen LogP contribution < -0.4 is 10.6 Å². The molecule has 1 saturated heterocycles. The molecule has 1 atom stereocenters. The van der Waals surface area contributed by atoms with E-state index in [0.717, 1.165) is 63.0 Å². The largest absolute Gasteiger partial charge is 0.383 e. The van der Waals surface area contributed by atoms with Crippen LogP contribution in [-0.4, -0.2) is 62.0 Å². The summed E-state index contributed by atoms with van der Waals surface area (Å²) < 4.78 is 10.7. The Morgan fingerprint density at radius 1 is 1.37 bits per heavy atom. The van der Waals surface area contributed by atoms with Gasteiger partial charge < -0.3 is 19.9 Å². The summed E-state index contributed by atoms with van der Waals surface area (Å²) in [6.07, 6.45) is 4.63. The minimum Gasteiger partial charge on any atom is -0.383 e. The van der Waals surface area contributed by atoms with Gasteiger partial charge in [-0.2, -0.15) is 0 Å². The molecule has 154 valence electrons. The highest BCUT2D eigenvalue weighted by atomic mass is 16.5.